The molecule has 0 aliphatic heterocycles. The molecule has 5 rings (SSSR count). The van der Waals surface area contributed by atoms with E-state index in [-0.39, 0.29) is 23.8 Å². The van der Waals surface area contributed by atoms with Gasteiger partial charge in [0.05, 0.1) is 24.1 Å². The number of aromatic amines is 1. The molecule has 0 spiro atoms. The van der Waals surface area contributed by atoms with Crippen molar-refractivity contribution < 1.29 is 9.18 Å². The van der Waals surface area contributed by atoms with Crippen molar-refractivity contribution in [3.63, 3.8) is 0 Å². The van der Waals surface area contributed by atoms with Crippen molar-refractivity contribution in [1.29, 1.82) is 0 Å². The molecule has 0 bridgehead atoms. The van der Waals surface area contributed by atoms with Crippen molar-refractivity contribution in [3.8, 4) is 5.82 Å². The highest BCUT2D eigenvalue weighted by Gasteiger charge is 2.36. The molecule has 1 atom stereocenters. The second-order valence-electron chi connectivity index (χ2n) is 9.43. The lowest BCUT2D eigenvalue weighted by Gasteiger charge is -2.35. The number of nitrogens with zero attached hydrogens (tertiary/aromatic N) is 5. The number of pyridine rings is 2. The van der Waals surface area contributed by atoms with Crippen LogP contribution in [0.5, 0.6) is 0 Å². The molecule has 4 aromatic heterocycles. The normalized spacial score (nSPS) is 18.2. The van der Waals surface area contributed by atoms with E-state index in [2.05, 4.69) is 44.7 Å². The van der Waals surface area contributed by atoms with Crippen LogP contribution in [0.1, 0.15) is 65.6 Å². The number of carbonyl (C=O) groups excluding carboxylic acids is 1. The highest BCUT2D eigenvalue weighted by Crippen LogP contribution is 2.41. The molecule has 1 fully saturated rings. The molecule has 1 aliphatic rings. The van der Waals surface area contributed by atoms with Gasteiger partial charge in [0, 0.05) is 41.5 Å². The quantitative estimate of drug-likeness (QED) is 0.421. The summed E-state index contributed by atoms with van der Waals surface area (Å²) in [7, 11) is 0. The van der Waals surface area contributed by atoms with E-state index in [9.17, 15) is 9.18 Å². The maximum atomic E-state index is 13.2. The van der Waals surface area contributed by atoms with Crippen LogP contribution in [0.25, 0.3) is 5.82 Å². The third-order valence-corrected chi connectivity index (χ3v) is 6.51. The number of nitrogens with one attached hydrogen (secondary N) is 2. The minimum atomic E-state index is -0.417. The highest BCUT2D eigenvalue weighted by atomic mass is 19.1. The average Bonchev–Trinajstić information content (AvgIpc) is 3.40. The number of hydrogen-bond acceptors (Lipinski definition) is 5. The average molecular weight is 474 g/mol. The lowest BCUT2D eigenvalue weighted by molar-refractivity contribution is -0.128. The molecular formula is C26H28FN7O. The number of hydrogen-bond donors (Lipinski definition) is 2. The van der Waals surface area contributed by atoms with Gasteiger partial charge in [-0.1, -0.05) is 6.07 Å². The Bertz CT molecular complexity index is 1340. The third-order valence-electron chi connectivity index (χ3n) is 6.51. The van der Waals surface area contributed by atoms with Crippen molar-refractivity contribution in [1.82, 2.24) is 35.3 Å². The monoisotopic (exact) mass is 473 g/mol. The van der Waals surface area contributed by atoms with E-state index in [0.717, 1.165) is 47.4 Å². The smallest absolute Gasteiger partial charge is 0.223 e. The van der Waals surface area contributed by atoms with Crippen LogP contribution < -0.4 is 5.32 Å². The lowest BCUT2D eigenvalue weighted by atomic mass is 9.72. The van der Waals surface area contributed by atoms with Crippen molar-refractivity contribution in [3.05, 3.63) is 88.6 Å². The Morgan fingerprint density at radius 3 is 2.69 bits per heavy atom. The molecule has 1 saturated carbocycles. The molecule has 1 amide bonds. The van der Waals surface area contributed by atoms with E-state index in [4.69, 9.17) is 4.98 Å². The molecule has 9 heteroatoms. The predicted octanol–water partition coefficient (Wildman–Crippen LogP) is 4.10. The molecule has 0 aromatic carbocycles. The Labute approximate surface area is 203 Å². The van der Waals surface area contributed by atoms with E-state index in [1.807, 2.05) is 26.0 Å². The van der Waals surface area contributed by atoms with E-state index >= 15 is 0 Å². The molecule has 8 nitrogen and oxygen atoms in total. The molecule has 1 aliphatic carbocycles. The molecule has 0 radical (unpaired) electrons. The maximum absolute atomic E-state index is 13.2. The molecular weight excluding hydrogens is 445 g/mol. The number of carbonyl (C=O) groups is 1. The van der Waals surface area contributed by atoms with E-state index in [1.54, 1.807) is 12.3 Å². The number of aromatic nitrogens is 6. The maximum Gasteiger partial charge on any atom is 0.223 e. The fourth-order valence-electron chi connectivity index (χ4n) is 4.52. The van der Waals surface area contributed by atoms with Gasteiger partial charge in [0.2, 0.25) is 5.91 Å². The first-order chi connectivity index (χ1) is 16.8. The second kappa shape index (κ2) is 9.40. The Morgan fingerprint density at radius 1 is 1.20 bits per heavy atom. The summed E-state index contributed by atoms with van der Waals surface area (Å²) in [6.45, 7) is 6.00. The van der Waals surface area contributed by atoms with Crippen LogP contribution in [0.2, 0.25) is 0 Å². The van der Waals surface area contributed by atoms with Gasteiger partial charge in [-0.15, -0.1) is 0 Å². The van der Waals surface area contributed by atoms with Crippen molar-refractivity contribution in [2.45, 2.75) is 52.0 Å². The van der Waals surface area contributed by atoms with Crippen LogP contribution in [0.15, 0.2) is 48.9 Å². The number of amides is 1. The first-order valence-corrected chi connectivity index (χ1v) is 11.8. The molecule has 4 heterocycles. The first-order valence-electron chi connectivity index (χ1n) is 11.8. The largest absolute Gasteiger partial charge is 0.349 e. The number of halogens is 1. The summed E-state index contributed by atoms with van der Waals surface area (Å²) >= 11 is 0. The fraction of sp³-hybridized carbons (Fsp3) is 0.346. The molecule has 4 aromatic rings. The molecule has 0 unspecified atom stereocenters. The Morgan fingerprint density at radius 2 is 2.03 bits per heavy atom. The zero-order valence-electron chi connectivity index (χ0n) is 20.0. The van der Waals surface area contributed by atoms with Crippen LogP contribution >= 0.6 is 0 Å². The third kappa shape index (κ3) is 5.13. The predicted molar refractivity (Wildman–Crippen MR) is 128 cm³/mol. The minimum absolute atomic E-state index is 0.0264. The Balaban J connectivity index is 1.16. The molecule has 35 heavy (non-hydrogen) atoms. The number of H-pyrrole nitrogens is 1. The van der Waals surface area contributed by atoms with Gasteiger partial charge in [0.1, 0.15) is 0 Å². The molecule has 0 saturated heterocycles. The highest BCUT2D eigenvalue weighted by molar-refractivity contribution is 5.80. The number of rotatable bonds is 7. The first kappa shape index (κ1) is 22.9. The standard InChI is InChI=1S/C26H28FN7O/c1-15-6-22(11-23-8-16(2)32-33-23)31-24(7-15)19-9-20(10-19)26(35)30-17(3)18-4-5-25(28-12-18)34-14-21(27)13-29-34/h4-8,12-14,17,19-20H,9-11H2,1-3H3,(H,30,35)(H,32,33)/t17-,19?,20?/m1/s1. The molecule has 180 valence electrons. The van der Waals surface area contributed by atoms with Gasteiger partial charge in [0.25, 0.3) is 0 Å². The van der Waals surface area contributed by atoms with Gasteiger partial charge >= 0.3 is 0 Å². The van der Waals surface area contributed by atoms with Gasteiger partial charge < -0.3 is 5.32 Å². The summed E-state index contributed by atoms with van der Waals surface area (Å²) in [6, 6.07) is 9.71. The summed E-state index contributed by atoms with van der Waals surface area (Å²) in [5.74, 6) is 0.412. The summed E-state index contributed by atoms with van der Waals surface area (Å²) < 4.78 is 14.5. The van der Waals surface area contributed by atoms with E-state index < -0.39 is 5.82 Å². The second-order valence-corrected chi connectivity index (χ2v) is 9.43. The fourth-order valence-corrected chi connectivity index (χ4v) is 4.52. The van der Waals surface area contributed by atoms with Gasteiger partial charge in [-0.05, 0) is 69.0 Å². The van der Waals surface area contributed by atoms with Gasteiger partial charge in [-0.2, -0.15) is 10.2 Å². The zero-order chi connectivity index (χ0) is 24.5. The van der Waals surface area contributed by atoms with Gasteiger partial charge in [0.15, 0.2) is 11.6 Å². The Kier molecular flexibility index (Phi) is 6.15. The summed E-state index contributed by atoms with van der Waals surface area (Å²) in [6.07, 6.45) is 6.36. The SMILES string of the molecule is Cc1cc(Cc2cc(C)[nH]n2)nc(C2CC(C(=O)N[C@H](C)c3ccc(-n4cc(F)cn4)nc3)C2)c1. The Hall–Kier alpha value is -3.88. The van der Waals surface area contributed by atoms with E-state index in [1.165, 1.54) is 16.4 Å². The zero-order valence-corrected chi connectivity index (χ0v) is 20.0. The van der Waals surface area contributed by atoms with Crippen molar-refractivity contribution in [2.75, 3.05) is 0 Å². The lowest BCUT2D eigenvalue weighted by Crippen LogP contribution is -2.39. The topological polar surface area (TPSA) is 101 Å². The van der Waals surface area contributed by atoms with Crippen molar-refractivity contribution >= 4 is 5.91 Å². The molecule has 2 N–H and O–H groups in total. The van der Waals surface area contributed by atoms with Crippen LogP contribution in [0, 0.1) is 25.6 Å². The summed E-state index contributed by atoms with van der Waals surface area (Å²) in [5.41, 5.74) is 6.12. The van der Waals surface area contributed by atoms with Gasteiger partial charge in [-0.25, -0.2) is 14.1 Å². The van der Waals surface area contributed by atoms with Crippen LogP contribution in [-0.4, -0.2) is 35.9 Å². The number of aryl methyl sites for hydroxylation is 2. The van der Waals surface area contributed by atoms with Gasteiger partial charge in [-0.3, -0.25) is 14.9 Å². The van der Waals surface area contributed by atoms with Crippen LogP contribution in [-0.2, 0) is 11.2 Å². The van der Waals surface area contributed by atoms with Crippen LogP contribution in [0.3, 0.4) is 0 Å². The minimum Gasteiger partial charge on any atom is -0.349 e. The van der Waals surface area contributed by atoms with E-state index in [0.29, 0.717) is 12.2 Å². The summed E-state index contributed by atoms with van der Waals surface area (Å²) in [4.78, 5) is 22.0. The van der Waals surface area contributed by atoms with Crippen molar-refractivity contribution in [2.24, 2.45) is 5.92 Å². The van der Waals surface area contributed by atoms with Crippen LogP contribution in [0.4, 0.5) is 4.39 Å². The summed E-state index contributed by atoms with van der Waals surface area (Å²) in [5, 5.41) is 14.3.